The van der Waals surface area contributed by atoms with Crippen molar-refractivity contribution in [2.45, 2.75) is 52.2 Å². The Morgan fingerprint density at radius 3 is 1.60 bits per heavy atom. The third-order valence-electron chi connectivity index (χ3n) is 8.53. The van der Waals surface area contributed by atoms with Crippen LogP contribution in [0, 0.1) is 22.7 Å². The zero-order valence-corrected chi connectivity index (χ0v) is 36.1. The number of nitrogens with zero attached hydrogens (tertiary/aromatic N) is 9. The Labute approximate surface area is 383 Å². The van der Waals surface area contributed by atoms with Crippen molar-refractivity contribution in [1.82, 2.24) is 39.1 Å². The number of nitrogens with one attached hydrogen (secondary N) is 1. The standard InChI is InChI=1S/C20H16ClF3N5O7P.C18H10ClF4N5O3/c1-10(22)15-4-12(19(30)29(27-15)9-35-37(32,33)34)7-28-8-26-16(18(23)24)17(20(28)31)36-14-3-11(6-25)2-13(21)5-14;19-10-1-8(5-24)2-11(4-10)31-14-13(16(22)23)25-7-28(18(14)30)6-9-3-12(15(20)21)26-27-17(9)29/h2-5,8,10,18H,7,9H2,1H3,(H2,32,33,34);1-4,7,15-16H,6H2,(H,27,29). The van der Waals surface area contributed by atoms with Gasteiger partial charge in [0, 0.05) is 21.2 Å². The molecule has 6 rings (SSSR count). The maximum atomic E-state index is 14.0. The monoisotopic (exact) mass is 1020 g/mol. The van der Waals surface area contributed by atoms with Crippen LogP contribution < -0.4 is 31.7 Å². The van der Waals surface area contributed by atoms with Gasteiger partial charge in [-0.05, 0) is 55.5 Å². The lowest BCUT2D eigenvalue weighted by Crippen LogP contribution is -2.32. The molecule has 0 amide bonds. The van der Waals surface area contributed by atoms with E-state index in [1.165, 1.54) is 30.3 Å². The van der Waals surface area contributed by atoms with Crippen LogP contribution in [0.15, 0.2) is 80.4 Å². The van der Waals surface area contributed by atoms with Gasteiger partial charge in [0.1, 0.15) is 23.4 Å². The molecule has 0 fully saturated rings. The molecule has 0 spiro atoms. The predicted octanol–water partition coefficient (Wildman–Crippen LogP) is 6.77. The topological polar surface area (TPSA) is 283 Å². The molecule has 1 atom stereocenters. The van der Waals surface area contributed by atoms with E-state index in [0.29, 0.717) is 15.6 Å². The van der Waals surface area contributed by atoms with Gasteiger partial charge in [-0.25, -0.2) is 55.0 Å². The van der Waals surface area contributed by atoms with Crippen LogP contribution in [0.1, 0.15) is 77.4 Å². The van der Waals surface area contributed by atoms with E-state index in [1.54, 1.807) is 12.1 Å². The van der Waals surface area contributed by atoms with E-state index in [-0.39, 0.29) is 49.5 Å². The van der Waals surface area contributed by atoms with Gasteiger partial charge in [0.25, 0.3) is 41.5 Å². The quantitative estimate of drug-likeness (QED) is 0.0707. The first kappa shape index (κ1) is 51.7. The fourth-order valence-corrected chi connectivity index (χ4v) is 6.22. The summed E-state index contributed by atoms with van der Waals surface area (Å²) in [5.41, 5.74) is -7.75. The first-order valence-electron chi connectivity index (χ1n) is 18.3. The molecule has 4 aromatic heterocycles. The van der Waals surface area contributed by atoms with Crippen molar-refractivity contribution >= 4 is 31.0 Å². The second kappa shape index (κ2) is 22.0. The van der Waals surface area contributed by atoms with Crippen LogP contribution in [-0.2, 0) is 28.9 Å². The Balaban J connectivity index is 0.000000258. The Morgan fingerprint density at radius 2 is 1.18 bits per heavy atom. The van der Waals surface area contributed by atoms with Gasteiger partial charge in [-0.1, -0.05) is 23.2 Å². The molecule has 2 aromatic carbocycles. The van der Waals surface area contributed by atoms with E-state index >= 15 is 0 Å². The summed E-state index contributed by atoms with van der Waals surface area (Å²) in [6, 6.07) is 12.6. The van der Waals surface area contributed by atoms with Gasteiger partial charge < -0.3 is 19.3 Å². The minimum Gasteiger partial charge on any atom is -0.449 e. The number of benzene rings is 2. The van der Waals surface area contributed by atoms with Crippen molar-refractivity contribution in [1.29, 1.82) is 10.5 Å². The highest BCUT2D eigenvalue weighted by Crippen LogP contribution is 2.36. The van der Waals surface area contributed by atoms with Gasteiger partial charge in [0.2, 0.25) is 11.5 Å². The summed E-state index contributed by atoms with van der Waals surface area (Å²) in [7, 11) is -5.02. The minimum atomic E-state index is -5.02. The Hall–Kier alpha value is -7.26. The molecule has 0 saturated heterocycles. The zero-order chi connectivity index (χ0) is 50.2. The molecule has 0 radical (unpaired) electrons. The minimum absolute atomic E-state index is 0.0213. The molecule has 4 heterocycles. The number of ether oxygens (including phenoxy) is 2. The molecular weight excluding hydrogens is 991 g/mol. The van der Waals surface area contributed by atoms with E-state index in [1.807, 2.05) is 5.10 Å². The summed E-state index contributed by atoms with van der Waals surface area (Å²) in [6.07, 6.45) is -9.72. The second-order valence-corrected chi connectivity index (χ2v) is 15.5. The van der Waals surface area contributed by atoms with E-state index in [0.717, 1.165) is 36.0 Å². The molecule has 3 N–H and O–H groups in total. The molecule has 0 saturated carbocycles. The lowest BCUT2D eigenvalue weighted by atomic mass is 10.2. The summed E-state index contributed by atoms with van der Waals surface area (Å²) >= 11 is 11.7. The summed E-state index contributed by atoms with van der Waals surface area (Å²) in [6.45, 7) is -1.18. The molecule has 0 aliphatic rings. The number of hydrogen-bond donors (Lipinski definition) is 3. The van der Waals surface area contributed by atoms with Gasteiger partial charge in [-0.15, -0.1) is 0 Å². The van der Waals surface area contributed by atoms with Crippen LogP contribution in [0.3, 0.4) is 0 Å². The van der Waals surface area contributed by atoms with Crippen LogP contribution >= 0.6 is 31.0 Å². The van der Waals surface area contributed by atoms with Crippen molar-refractivity contribution in [3.05, 3.63) is 158 Å². The van der Waals surface area contributed by atoms with E-state index < -0.39 is 104 Å². The normalized spacial score (nSPS) is 11.8. The van der Waals surface area contributed by atoms with Crippen molar-refractivity contribution in [3.8, 4) is 35.1 Å². The average molecular weight is 1020 g/mol. The molecule has 0 bridgehead atoms. The lowest BCUT2D eigenvalue weighted by molar-refractivity contribution is 0.139. The number of alkyl halides is 7. The highest BCUT2D eigenvalue weighted by molar-refractivity contribution is 7.46. The maximum Gasteiger partial charge on any atom is 0.471 e. The number of H-pyrrole nitrogens is 1. The number of phosphoric ester groups is 1. The van der Waals surface area contributed by atoms with Crippen LogP contribution in [0.2, 0.25) is 10.0 Å². The fraction of sp³-hybridized carbons (Fsp3) is 0.211. The van der Waals surface area contributed by atoms with Crippen molar-refractivity contribution < 1.29 is 59.1 Å². The molecule has 68 heavy (non-hydrogen) atoms. The molecule has 30 heteroatoms. The molecule has 356 valence electrons. The Kier molecular flexibility index (Phi) is 16.8. The number of hydrogen-bond acceptors (Lipinski definition) is 14. The summed E-state index contributed by atoms with van der Waals surface area (Å²) in [4.78, 5) is 75.2. The number of rotatable bonds is 15. The molecular formula is C38H26Cl2F7N10O10P. The van der Waals surface area contributed by atoms with Crippen LogP contribution in [0.5, 0.6) is 23.0 Å². The number of nitriles is 2. The number of aromatic nitrogens is 8. The second-order valence-electron chi connectivity index (χ2n) is 13.4. The third-order valence-corrected chi connectivity index (χ3v) is 9.42. The Bertz CT molecular complexity index is 3250. The van der Waals surface area contributed by atoms with Gasteiger partial charge in [0.15, 0.2) is 18.1 Å². The van der Waals surface area contributed by atoms with Crippen LogP contribution in [-0.4, -0.2) is 48.9 Å². The molecule has 0 aliphatic heterocycles. The molecule has 1 unspecified atom stereocenters. The largest absolute Gasteiger partial charge is 0.471 e. The number of halogens is 9. The van der Waals surface area contributed by atoms with Crippen LogP contribution in [0.4, 0.5) is 30.7 Å². The van der Waals surface area contributed by atoms with Crippen LogP contribution in [0.25, 0.3) is 0 Å². The summed E-state index contributed by atoms with van der Waals surface area (Å²) < 4.78 is 121. The van der Waals surface area contributed by atoms with E-state index in [9.17, 15) is 54.5 Å². The van der Waals surface area contributed by atoms with Gasteiger partial charge in [-0.2, -0.15) is 20.7 Å². The molecule has 6 aromatic rings. The highest BCUT2D eigenvalue weighted by Gasteiger charge is 2.26. The van der Waals surface area contributed by atoms with Gasteiger partial charge in [-0.3, -0.25) is 32.8 Å². The number of phosphoric acid groups is 1. The lowest BCUT2D eigenvalue weighted by Gasteiger charge is -2.15. The fourth-order valence-electron chi connectivity index (χ4n) is 5.51. The average Bonchev–Trinajstić information content (AvgIpc) is 3.26. The molecule has 0 aliphatic carbocycles. The first-order valence-corrected chi connectivity index (χ1v) is 20.6. The van der Waals surface area contributed by atoms with Crippen molar-refractivity contribution in [2.75, 3.05) is 0 Å². The highest BCUT2D eigenvalue weighted by atomic mass is 35.5. The third kappa shape index (κ3) is 13.2. The Morgan fingerprint density at radius 1 is 0.706 bits per heavy atom. The maximum absolute atomic E-state index is 14.0. The molecule has 20 nitrogen and oxygen atoms in total. The summed E-state index contributed by atoms with van der Waals surface area (Å²) in [5.74, 6) is -2.17. The van der Waals surface area contributed by atoms with E-state index in [4.69, 9.17) is 53.0 Å². The number of aromatic amines is 1. The summed E-state index contributed by atoms with van der Waals surface area (Å²) in [5, 5.41) is 26.8. The predicted molar refractivity (Wildman–Crippen MR) is 219 cm³/mol. The smallest absolute Gasteiger partial charge is 0.449 e. The van der Waals surface area contributed by atoms with E-state index in [2.05, 4.69) is 24.7 Å². The van der Waals surface area contributed by atoms with Gasteiger partial charge in [0.05, 0.1) is 54.7 Å². The van der Waals surface area contributed by atoms with Crippen molar-refractivity contribution in [2.24, 2.45) is 0 Å². The first-order chi connectivity index (χ1) is 32.0. The van der Waals surface area contributed by atoms with Crippen molar-refractivity contribution in [3.63, 3.8) is 0 Å². The zero-order valence-electron chi connectivity index (χ0n) is 33.7. The SMILES string of the molecule is CC(F)c1cc(Cn2cnc(C(F)F)c(Oc3cc(Cl)cc(C#N)c3)c2=O)c(=O)n(COP(=O)(O)O)n1.N#Cc1cc(Cl)cc(Oc2c(C(F)F)ncn(Cc3cc(C(F)F)n[nH]c3=O)c2=O)c1. The van der Waals surface area contributed by atoms with Gasteiger partial charge >= 0.3 is 7.82 Å².